The first-order chi connectivity index (χ1) is 10.0. The third-order valence-corrected chi connectivity index (χ3v) is 3.24. The second kappa shape index (κ2) is 6.39. The van der Waals surface area contributed by atoms with Crippen LogP contribution in [0.3, 0.4) is 0 Å². The first-order valence-electron chi connectivity index (χ1n) is 6.72. The van der Waals surface area contributed by atoms with Gasteiger partial charge < -0.3 is 10.1 Å². The summed E-state index contributed by atoms with van der Waals surface area (Å²) < 4.78 is 20.3. The zero-order valence-electron chi connectivity index (χ0n) is 12.3. The number of aryl methyl sites for hydroxylation is 1. The number of methoxy groups -OCH3 is 1. The molecular formula is C15H18FN3O2. The van der Waals surface area contributed by atoms with Crippen molar-refractivity contribution >= 4 is 11.7 Å². The molecule has 1 aromatic heterocycles. The molecule has 0 bridgehead atoms. The molecule has 0 fully saturated rings. The van der Waals surface area contributed by atoms with Gasteiger partial charge in [-0.15, -0.1) is 0 Å². The van der Waals surface area contributed by atoms with Gasteiger partial charge in [-0.3, -0.25) is 4.68 Å². The number of carbonyl (C=O) groups is 1. The van der Waals surface area contributed by atoms with E-state index >= 15 is 0 Å². The van der Waals surface area contributed by atoms with E-state index in [0.717, 1.165) is 12.1 Å². The maximum Gasteiger partial charge on any atom is 0.337 e. The highest BCUT2D eigenvalue weighted by Gasteiger charge is 2.13. The fraction of sp³-hybridized carbons (Fsp3) is 0.333. The van der Waals surface area contributed by atoms with Crippen LogP contribution in [-0.4, -0.2) is 22.9 Å². The molecule has 2 aromatic rings. The number of carbonyl (C=O) groups excluding carboxylic acids is 1. The predicted octanol–water partition coefficient (Wildman–Crippen LogP) is 3.00. The number of anilines is 1. The van der Waals surface area contributed by atoms with Crippen molar-refractivity contribution in [3.05, 3.63) is 47.5 Å². The van der Waals surface area contributed by atoms with Crippen molar-refractivity contribution in [1.82, 2.24) is 9.78 Å². The van der Waals surface area contributed by atoms with Crippen molar-refractivity contribution in [1.29, 1.82) is 0 Å². The second-order valence-corrected chi connectivity index (χ2v) is 4.68. The molecule has 0 aliphatic heterocycles. The van der Waals surface area contributed by atoms with Crippen LogP contribution >= 0.6 is 0 Å². The normalized spacial score (nSPS) is 12.0. The van der Waals surface area contributed by atoms with Crippen LogP contribution in [-0.2, 0) is 11.3 Å². The maximum absolute atomic E-state index is 13.8. The number of nitrogens with one attached hydrogen (secondary N) is 1. The van der Waals surface area contributed by atoms with E-state index in [4.69, 9.17) is 0 Å². The number of benzene rings is 1. The predicted molar refractivity (Wildman–Crippen MR) is 77.7 cm³/mol. The van der Waals surface area contributed by atoms with E-state index in [2.05, 4.69) is 15.2 Å². The number of hydrogen-bond acceptors (Lipinski definition) is 4. The molecule has 0 amide bonds. The lowest BCUT2D eigenvalue weighted by Gasteiger charge is -2.15. The molecule has 6 heteroatoms. The third kappa shape index (κ3) is 3.39. The molecule has 0 saturated heterocycles. The molecule has 5 nitrogen and oxygen atoms in total. The summed E-state index contributed by atoms with van der Waals surface area (Å²) >= 11 is 0. The Morgan fingerprint density at radius 2 is 2.29 bits per heavy atom. The van der Waals surface area contributed by atoms with Gasteiger partial charge in [-0.05, 0) is 32.0 Å². The summed E-state index contributed by atoms with van der Waals surface area (Å²) in [5.41, 5.74) is 1.51. The SMILES string of the molecule is CCn1cc(C(C)Nc2cc(C(=O)OC)ccc2F)cn1. The highest BCUT2D eigenvalue weighted by Crippen LogP contribution is 2.23. The van der Waals surface area contributed by atoms with Crippen molar-refractivity contribution in [3.8, 4) is 0 Å². The van der Waals surface area contributed by atoms with Gasteiger partial charge in [0.15, 0.2) is 0 Å². The molecule has 1 atom stereocenters. The first kappa shape index (κ1) is 15.0. The van der Waals surface area contributed by atoms with Crippen molar-refractivity contribution < 1.29 is 13.9 Å². The molecule has 1 heterocycles. The molecule has 0 aliphatic carbocycles. The van der Waals surface area contributed by atoms with Crippen LogP contribution in [0, 0.1) is 5.82 Å². The minimum absolute atomic E-state index is 0.132. The second-order valence-electron chi connectivity index (χ2n) is 4.68. The lowest BCUT2D eigenvalue weighted by molar-refractivity contribution is 0.0600. The van der Waals surface area contributed by atoms with Crippen LogP contribution in [0.5, 0.6) is 0 Å². The Morgan fingerprint density at radius 1 is 1.52 bits per heavy atom. The van der Waals surface area contributed by atoms with Crippen LogP contribution in [0.1, 0.15) is 35.8 Å². The molecule has 1 N–H and O–H groups in total. The Bertz CT molecular complexity index is 640. The van der Waals surface area contributed by atoms with E-state index in [1.165, 1.54) is 25.3 Å². The maximum atomic E-state index is 13.8. The van der Waals surface area contributed by atoms with E-state index in [9.17, 15) is 9.18 Å². The average Bonchev–Trinajstić information content (AvgIpc) is 2.97. The largest absolute Gasteiger partial charge is 0.465 e. The standard InChI is InChI=1S/C15H18FN3O2/c1-4-19-9-12(8-17-19)10(2)18-14-7-11(15(20)21-3)5-6-13(14)16/h5-10,18H,4H2,1-3H3. The van der Waals surface area contributed by atoms with Crippen LogP contribution in [0.4, 0.5) is 10.1 Å². The molecule has 112 valence electrons. The fourth-order valence-corrected chi connectivity index (χ4v) is 1.97. The van der Waals surface area contributed by atoms with Gasteiger partial charge >= 0.3 is 5.97 Å². The summed E-state index contributed by atoms with van der Waals surface area (Å²) in [6.45, 7) is 4.68. The monoisotopic (exact) mass is 291 g/mol. The Hall–Kier alpha value is -2.37. The lowest BCUT2D eigenvalue weighted by Crippen LogP contribution is -2.09. The molecule has 0 aliphatic rings. The van der Waals surface area contributed by atoms with Crippen molar-refractivity contribution in [3.63, 3.8) is 0 Å². The van der Waals surface area contributed by atoms with E-state index in [1.54, 1.807) is 10.9 Å². The molecule has 1 aromatic carbocycles. The third-order valence-electron chi connectivity index (χ3n) is 3.24. The van der Waals surface area contributed by atoms with Crippen molar-refractivity contribution in [2.45, 2.75) is 26.4 Å². The minimum Gasteiger partial charge on any atom is -0.465 e. The number of nitrogens with zero attached hydrogens (tertiary/aromatic N) is 2. The summed E-state index contributed by atoms with van der Waals surface area (Å²) in [5, 5.41) is 7.23. The number of esters is 1. The number of hydrogen-bond donors (Lipinski definition) is 1. The molecule has 2 rings (SSSR count). The molecule has 0 radical (unpaired) electrons. The van der Waals surface area contributed by atoms with Crippen molar-refractivity contribution in [2.24, 2.45) is 0 Å². The number of halogens is 1. The Balaban J connectivity index is 2.19. The fourth-order valence-electron chi connectivity index (χ4n) is 1.97. The zero-order valence-corrected chi connectivity index (χ0v) is 12.3. The van der Waals surface area contributed by atoms with Crippen LogP contribution < -0.4 is 5.32 Å². The van der Waals surface area contributed by atoms with Crippen LogP contribution in [0.15, 0.2) is 30.6 Å². The molecule has 0 saturated carbocycles. The minimum atomic E-state index is -0.496. The van der Waals surface area contributed by atoms with Gasteiger partial charge in [0.2, 0.25) is 0 Å². The van der Waals surface area contributed by atoms with Gasteiger partial charge in [0.25, 0.3) is 0 Å². The Labute approximate surface area is 122 Å². The number of ether oxygens (including phenoxy) is 1. The van der Waals surface area contributed by atoms with Gasteiger partial charge in [-0.2, -0.15) is 5.10 Å². The van der Waals surface area contributed by atoms with E-state index in [1.807, 2.05) is 20.0 Å². The van der Waals surface area contributed by atoms with E-state index in [0.29, 0.717) is 5.56 Å². The molecular weight excluding hydrogens is 273 g/mol. The Kier molecular flexibility index (Phi) is 4.57. The molecule has 21 heavy (non-hydrogen) atoms. The highest BCUT2D eigenvalue weighted by atomic mass is 19.1. The van der Waals surface area contributed by atoms with Gasteiger partial charge in [-0.25, -0.2) is 9.18 Å². The molecule has 0 spiro atoms. The topological polar surface area (TPSA) is 56.2 Å². The van der Waals surface area contributed by atoms with Crippen molar-refractivity contribution in [2.75, 3.05) is 12.4 Å². The van der Waals surface area contributed by atoms with E-state index in [-0.39, 0.29) is 11.7 Å². The average molecular weight is 291 g/mol. The quantitative estimate of drug-likeness (QED) is 0.860. The zero-order chi connectivity index (χ0) is 15.4. The Morgan fingerprint density at radius 3 is 2.90 bits per heavy atom. The highest BCUT2D eigenvalue weighted by molar-refractivity contribution is 5.90. The smallest absolute Gasteiger partial charge is 0.337 e. The number of aromatic nitrogens is 2. The summed E-state index contributed by atoms with van der Waals surface area (Å²) in [6, 6.07) is 3.96. The van der Waals surface area contributed by atoms with Crippen LogP contribution in [0.25, 0.3) is 0 Å². The molecule has 1 unspecified atom stereocenters. The first-order valence-corrected chi connectivity index (χ1v) is 6.72. The van der Waals surface area contributed by atoms with Gasteiger partial charge in [0, 0.05) is 18.3 Å². The van der Waals surface area contributed by atoms with Crippen LogP contribution in [0.2, 0.25) is 0 Å². The van der Waals surface area contributed by atoms with Gasteiger partial charge in [-0.1, -0.05) is 0 Å². The van der Waals surface area contributed by atoms with Gasteiger partial charge in [0.05, 0.1) is 30.6 Å². The summed E-state index contributed by atoms with van der Waals surface area (Å²) in [4.78, 5) is 11.5. The lowest BCUT2D eigenvalue weighted by atomic mass is 10.1. The summed E-state index contributed by atoms with van der Waals surface area (Å²) in [7, 11) is 1.29. The summed E-state index contributed by atoms with van der Waals surface area (Å²) in [5.74, 6) is -0.915. The van der Waals surface area contributed by atoms with Gasteiger partial charge in [0.1, 0.15) is 5.82 Å². The van der Waals surface area contributed by atoms with E-state index < -0.39 is 11.8 Å². The number of rotatable bonds is 5. The summed E-state index contributed by atoms with van der Waals surface area (Å²) in [6.07, 6.45) is 3.64.